The highest BCUT2D eigenvalue weighted by Gasteiger charge is 2.28. The molecule has 0 bridgehead atoms. The molecule has 2 aliphatic rings. The van der Waals surface area contributed by atoms with Gasteiger partial charge in [0.15, 0.2) is 0 Å². The molecule has 1 saturated heterocycles. The van der Waals surface area contributed by atoms with Gasteiger partial charge in [-0.15, -0.1) is 0 Å². The SMILES string of the molecule is Nc1ccc2c(c1)C(=C(Nc1ccc(CN3CCN(C(=O)c4ccccc4)CC3)cc1)c1ccccc1)C(=O)N2. The van der Waals surface area contributed by atoms with Gasteiger partial charge in [0.05, 0.1) is 11.3 Å². The van der Waals surface area contributed by atoms with Crippen LogP contribution in [0.15, 0.2) is 103 Å². The normalized spacial score (nSPS) is 16.3. The first-order valence-electron chi connectivity index (χ1n) is 13.5. The lowest BCUT2D eigenvalue weighted by Gasteiger charge is -2.34. The monoisotopic (exact) mass is 529 g/mol. The molecule has 7 nitrogen and oxygen atoms in total. The van der Waals surface area contributed by atoms with Gasteiger partial charge in [-0.05, 0) is 53.6 Å². The highest BCUT2D eigenvalue weighted by atomic mass is 16.2. The summed E-state index contributed by atoms with van der Waals surface area (Å²) in [4.78, 5) is 30.2. The van der Waals surface area contributed by atoms with E-state index in [0.717, 1.165) is 66.5 Å². The third kappa shape index (κ3) is 5.32. The molecular weight excluding hydrogens is 498 g/mol. The van der Waals surface area contributed by atoms with Gasteiger partial charge in [-0.3, -0.25) is 14.5 Å². The van der Waals surface area contributed by atoms with Crippen molar-refractivity contribution in [3.05, 3.63) is 125 Å². The zero-order chi connectivity index (χ0) is 27.5. The summed E-state index contributed by atoms with van der Waals surface area (Å²) in [6, 6.07) is 33.1. The molecular formula is C33H31N5O2. The molecule has 4 N–H and O–H groups in total. The van der Waals surface area contributed by atoms with Crippen molar-refractivity contribution in [3.8, 4) is 0 Å². The summed E-state index contributed by atoms with van der Waals surface area (Å²) in [5.41, 5.74) is 13.3. The van der Waals surface area contributed by atoms with Crippen LogP contribution in [0.25, 0.3) is 11.3 Å². The lowest BCUT2D eigenvalue weighted by atomic mass is 9.99. The second-order valence-corrected chi connectivity index (χ2v) is 10.1. The molecule has 0 atom stereocenters. The minimum absolute atomic E-state index is 0.0975. The molecule has 0 saturated carbocycles. The molecule has 0 unspecified atom stereocenters. The van der Waals surface area contributed by atoms with Crippen molar-refractivity contribution in [1.82, 2.24) is 9.80 Å². The van der Waals surface area contributed by atoms with Crippen LogP contribution < -0.4 is 16.4 Å². The van der Waals surface area contributed by atoms with E-state index >= 15 is 0 Å². The summed E-state index contributed by atoms with van der Waals surface area (Å²) >= 11 is 0. The Bertz CT molecular complexity index is 1560. The molecule has 0 aliphatic carbocycles. The molecule has 200 valence electrons. The molecule has 0 spiro atoms. The Kier molecular flexibility index (Phi) is 7.04. The topological polar surface area (TPSA) is 90.7 Å². The van der Waals surface area contributed by atoms with E-state index < -0.39 is 0 Å². The third-order valence-corrected chi connectivity index (χ3v) is 7.41. The maximum Gasteiger partial charge on any atom is 0.258 e. The summed E-state index contributed by atoms with van der Waals surface area (Å²) in [5, 5.41) is 6.48. The molecule has 4 aromatic rings. The van der Waals surface area contributed by atoms with Crippen LogP contribution in [0.1, 0.15) is 27.0 Å². The fraction of sp³-hybridized carbons (Fsp3) is 0.152. The van der Waals surface area contributed by atoms with Crippen LogP contribution in [0, 0.1) is 0 Å². The first-order valence-corrected chi connectivity index (χ1v) is 13.5. The van der Waals surface area contributed by atoms with Crippen molar-refractivity contribution in [2.24, 2.45) is 0 Å². The van der Waals surface area contributed by atoms with E-state index in [2.05, 4.69) is 27.7 Å². The maximum absolute atomic E-state index is 13.1. The Labute approximate surface area is 233 Å². The maximum atomic E-state index is 13.1. The summed E-state index contributed by atoms with van der Waals surface area (Å²) in [6.45, 7) is 3.92. The van der Waals surface area contributed by atoms with E-state index in [9.17, 15) is 9.59 Å². The molecule has 6 rings (SSSR count). The molecule has 0 aromatic heterocycles. The van der Waals surface area contributed by atoms with Gasteiger partial charge >= 0.3 is 0 Å². The van der Waals surface area contributed by atoms with Crippen molar-refractivity contribution in [3.63, 3.8) is 0 Å². The van der Waals surface area contributed by atoms with Gasteiger partial charge in [0.1, 0.15) is 0 Å². The van der Waals surface area contributed by atoms with Gasteiger partial charge < -0.3 is 21.3 Å². The second-order valence-electron chi connectivity index (χ2n) is 10.1. The lowest BCUT2D eigenvalue weighted by molar-refractivity contribution is -0.110. The van der Waals surface area contributed by atoms with E-state index in [0.29, 0.717) is 11.3 Å². The van der Waals surface area contributed by atoms with E-state index in [-0.39, 0.29) is 11.8 Å². The summed E-state index contributed by atoms with van der Waals surface area (Å²) < 4.78 is 0. The van der Waals surface area contributed by atoms with E-state index in [1.54, 1.807) is 6.07 Å². The van der Waals surface area contributed by atoms with E-state index in [4.69, 9.17) is 5.73 Å². The van der Waals surface area contributed by atoms with Crippen LogP contribution in [-0.4, -0.2) is 47.8 Å². The molecule has 2 heterocycles. The van der Waals surface area contributed by atoms with Crippen LogP contribution in [0.3, 0.4) is 0 Å². The number of rotatable bonds is 6. The van der Waals surface area contributed by atoms with Gasteiger partial charge in [-0.2, -0.15) is 0 Å². The number of anilines is 3. The number of nitrogen functional groups attached to an aromatic ring is 1. The molecule has 1 fully saturated rings. The van der Waals surface area contributed by atoms with Crippen molar-refractivity contribution < 1.29 is 9.59 Å². The standard InChI is InChI=1S/C33H31N5O2/c34-26-13-16-29-28(21-26)30(32(39)36-29)31(24-7-3-1-4-8-24)35-27-14-11-23(12-15-27)22-37-17-19-38(20-18-37)33(40)25-9-5-2-6-10-25/h1-16,21,35H,17-20,22,34H2,(H,36,39). The number of nitrogens with two attached hydrogens (primary N) is 1. The molecule has 2 amide bonds. The van der Waals surface area contributed by atoms with Gasteiger partial charge in [-0.25, -0.2) is 0 Å². The zero-order valence-electron chi connectivity index (χ0n) is 22.1. The number of nitrogens with one attached hydrogen (secondary N) is 2. The van der Waals surface area contributed by atoms with Crippen LogP contribution in [0.5, 0.6) is 0 Å². The van der Waals surface area contributed by atoms with Crippen molar-refractivity contribution in [1.29, 1.82) is 0 Å². The Morgan fingerprint density at radius 3 is 2.12 bits per heavy atom. The number of benzene rings is 4. The number of amides is 2. The summed E-state index contributed by atoms with van der Waals surface area (Å²) in [6.07, 6.45) is 0. The third-order valence-electron chi connectivity index (χ3n) is 7.41. The minimum atomic E-state index is -0.159. The minimum Gasteiger partial charge on any atom is -0.399 e. The number of fused-ring (bicyclic) bond motifs is 1. The quantitative estimate of drug-likeness (QED) is 0.237. The Hall–Kier alpha value is -4.88. The average molecular weight is 530 g/mol. The largest absolute Gasteiger partial charge is 0.399 e. The molecule has 2 aliphatic heterocycles. The van der Waals surface area contributed by atoms with E-state index in [1.807, 2.05) is 89.8 Å². The first-order chi connectivity index (χ1) is 19.5. The highest BCUT2D eigenvalue weighted by Crippen LogP contribution is 2.38. The second kappa shape index (κ2) is 11.1. The molecule has 7 heteroatoms. The van der Waals surface area contributed by atoms with Gasteiger partial charge in [0, 0.05) is 60.9 Å². The number of hydrogen-bond donors (Lipinski definition) is 3. The Balaban J connectivity index is 1.16. The highest BCUT2D eigenvalue weighted by molar-refractivity contribution is 6.37. The molecule has 0 radical (unpaired) electrons. The molecule has 4 aromatic carbocycles. The van der Waals surface area contributed by atoms with Crippen LogP contribution in [-0.2, 0) is 11.3 Å². The predicted molar refractivity (Wildman–Crippen MR) is 160 cm³/mol. The van der Waals surface area contributed by atoms with Crippen molar-refractivity contribution in [2.75, 3.05) is 42.5 Å². The summed E-state index contributed by atoms with van der Waals surface area (Å²) in [5.74, 6) is -0.0614. The number of nitrogens with zero attached hydrogens (tertiary/aromatic N) is 2. The van der Waals surface area contributed by atoms with Crippen molar-refractivity contribution in [2.45, 2.75) is 6.54 Å². The Morgan fingerprint density at radius 1 is 0.800 bits per heavy atom. The van der Waals surface area contributed by atoms with Gasteiger partial charge in [0.25, 0.3) is 11.8 Å². The zero-order valence-corrected chi connectivity index (χ0v) is 22.1. The van der Waals surface area contributed by atoms with Gasteiger partial charge in [-0.1, -0.05) is 60.7 Å². The fourth-order valence-electron chi connectivity index (χ4n) is 5.29. The van der Waals surface area contributed by atoms with Gasteiger partial charge in [0.2, 0.25) is 0 Å². The van der Waals surface area contributed by atoms with Crippen LogP contribution in [0.4, 0.5) is 17.1 Å². The van der Waals surface area contributed by atoms with Crippen LogP contribution >= 0.6 is 0 Å². The predicted octanol–water partition coefficient (Wildman–Crippen LogP) is 5.16. The number of piperazine rings is 1. The van der Waals surface area contributed by atoms with E-state index in [1.165, 1.54) is 5.56 Å². The fourth-order valence-corrected chi connectivity index (χ4v) is 5.29. The molecule has 40 heavy (non-hydrogen) atoms. The number of hydrogen-bond acceptors (Lipinski definition) is 5. The van der Waals surface area contributed by atoms with Crippen LogP contribution in [0.2, 0.25) is 0 Å². The van der Waals surface area contributed by atoms with Crippen molar-refractivity contribution >= 4 is 40.1 Å². The summed E-state index contributed by atoms with van der Waals surface area (Å²) in [7, 11) is 0. The average Bonchev–Trinajstić information content (AvgIpc) is 3.32. The smallest absolute Gasteiger partial charge is 0.258 e. The number of carbonyl (C=O) groups is 2. The lowest BCUT2D eigenvalue weighted by Crippen LogP contribution is -2.48. The Morgan fingerprint density at radius 2 is 1.45 bits per heavy atom. The first kappa shape index (κ1) is 25.4. The number of carbonyl (C=O) groups excluding carboxylic acids is 2.